The zero-order valence-electron chi connectivity index (χ0n) is 12.2. The van der Waals surface area contributed by atoms with Gasteiger partial charge in [-0.15, -0.1) is 0 Å². The fraction of sp³-hybridized carbons (Fsp3) is 0.500. The zero-order chi connectivity index (χ0) is 14.4. The predicted octanol–water partition coefficient (Wildman–Crippen LogP) is 1.94. The fourth-order valence-electron chi connectivity index (χ4n) is 2.41. The third-order valence-electron chi connectivity index (χ3n) is 3.33. The maximum Gasteiger partial charge on any atom is 0.123 e. The summed E-state index contributed by atoms with van der Waals surface area (Å²) in [6.45, 7) is 5.87. The molecule has 3 nitrogen and oxygen atoms in total. The maximum absolute atomic E-state index is 5.47. The van der Waals surface area contributed by atoms with Crippen molar-refractivity contribution in [2.24, 2.45) is 5.73 Å². The lowest BCUT2D eigenvalue weighted by Gasteiger charge is -2.30. The number of nitrogens with two attached hydrogens (primary N) is 1. The van der Waals surface area contributed by atoms with Gasteiger partial charge in [-0.3, -0.25) is 4.90 Å². The van der Waals surface area contributed by atoms with Crippen molar-refractivity contribution >= 4 is 11.8 Å². The first-order valence-electron chi connectivity index (χ1n) is 6.92. The van der Waals surface area contributed by atoms with E-state index in [0.717, 1.165) is 30.9 Å². The number of hydrogen-bond acceptors (Lipinski definition) is 4. The van der Waals surface area contributed by atoms with Crippen LogP contribution in [0.25, 0.3) is 0 Å². The molecule has 0 radical (unpaired) electrons. The molecule has 1 aliphatic rings. The second-order valence-corrected chi connectivity index (χ2v) is 6.50. The average molecular weight is 290 g/mol. The second-order valence-electron chi connectivity index (χ2n) is 4.95. The fourth-order valence-corrected chi connectivity index (χ4v) is 3.49. The highest BCUT2D eigenvalue weighted by Crippen LogP contribution is 2.24. The molecule has 0 aromatic heterocycles. The van der Waals surface area contributed by atoms with Crippen molar-refractivity contribution in [3.8, 4) is 17.6 Å². The lowest BCUT2D eigenvalue weighted by Crippen LogP contribution is -2.36. The van der Waals surface area contributed by atoms with Crippen LogP contribution in [0, 0.1) is 11.8 Å². The molecule has 1 unspecified atom stereocenters. The Bertz CT molecular complexity index is 507. The van der Waals surface area contributed by atoms with Crippen molar-refractivity contribution in [2.75, 3.05) is 32.5 Å². The number of nitrogens with zero attached hydrogens (tertiary/aromatic N) is 1. The van der Waals surface area contributed by atoms with E-state index in [1.165, 1.54) is 11.3 Å². The summed E-state index contributed by atoms with van der Waals surface area (Å²) in [5, 5.41) is 0.704. The third-order valence-corrected chi connectivity index (χ3v) is 4.47. The van der Waals surface area contributed by atoms with E-state index in [1.54, 1.807) is 7.11 Å². The minimum absolute atomic E-state index is 0.391. The van der Waals surface area contributed by atoms with Gasteiger partial charge < -0.3 is 10.5 Å². The Labute approximate surface area is 125 Å². The van der Waals surface area contributed by atoms with E-state index in [9.17, 15) is 0 Å². The summed E-state index contributed by atoms with van der Waals surface area (Å²) in [5.41, 5.74) is 7.64. The Balaban J connectivity index is 2.15. The van der Waals surface area contributed by atoms with Crippen LogP contribution in [-0.4, -0.2) is 42.6 Å². The molecule has 0 bridgehead atoms. The van der Waals surface area contributed by atoms with Gasteiger partial charge in [0, 0.05) is 41.8 Å². The molecule has 1 aromatic carbocycles. The summed E-state index contributed by atoms with van der Waals surface area (Å²) in [4.78, 5) is 2.49. The van der Waals surface area contributed by atoms with E-state index in [1.807, 2.05) is 23.9 Å². The van der Waals surface area contributed by atoms with Crippen molar-refractivity contribution in [3.63, 3.8) is 0 Å². The first-order valence-corrected chi connectivity index (χ1v) is 7.97. The van der Waals surface area contributed by atoms with Gasteiger partial charge in [0.05, 0.1) is 13.7 Å². The maximum atomic E-state index is 5.47. The lowest BCUT2D eigenvalue weighted by molar-refractivity contribution is 0.273. The molecule has 1 saturated heterocycles. The number of methoxy groups -OCH3 is 1. The lowest BCUT2D eigenvalue weighted by atomic mass is 10.1. The molecule has 1 heterocycles. The van der Waals surface area contributed by atoms with E-state index < -0.39 is 0 Å². The van der Waals surface area contributed by atoms with Gasteiger partial charge in [0.2, 0.25) is 0 Å². The molecule has 108 valence electrons. The highest BCUT2D eigenvalue weighted by molar-refractivity contribution is 7.99. The third kappa shape index (κ3) is 4.17. The van der Waals surface area contributed by atoms with Gasteiger partial charge in [0.25, 0.3) is 0 Å². The quantitative estimate of drug-likeness (QED) is 0.864. The van der Waals surface area contributed by atoms with E-state index in [0.29, 0.717) is 11.8 Å². The summed E-state index contributed by atoms with van der Waals surface area (Å²) >= 11 is 2.05. The Morgan fingerprint density at radius 2 is 2.35 bits per heavy atom. The van der Waals surface area contributed by atoms with Gasteiger partial charge >= 0.3 is 0 Å². The van der Waals surface area contributed by atoms with Gasteiger partial charge in [-0.05, 0) is 18.2 Å². The Hall–Kier alpha value is -1.15. The molecule has 1 aliphatic heterocycles. The minimum Gasteiger partial charge on any atom is -0.496 e. The molecule has 0 aliphatic carbocycles. The number of hydrogen-bond donors (Lipinski definition) is 1. The summed E-state index contributed by atoms with van der Waals surface area (Å²) < 4.78 is 5.47. The first kappa shape index (κ1) is 15.2. The normalized spacial score (nSPS) is 19.2. The Morgan fingerprint density at radius 1 is 1.50 bits per heavy atom. The van der Waals surface area contributed by atoms with Crippen LogP contribution in [0.1, 0.15) is 18.1 Å². The van der Waals surface area contributed by atoms with Crippen LogP contribution in [0.15, 0.2) is 18.2 Å². The van der Waals surface area contributed by atoms with Crippen LogP contribution in [0.4, 0.5) is 0 Å². The number of thioether (sulfide) groups is 1. The summed E-state index contributed by atoms with van der Waals surface area (Å²) in [7, 11) is 1.72. The molecule has 0 amide bonds. The van der Waals surface area contributed by atoms with Gasteiger partial charge in [-0.25, -0.2) is 0 Å². The molecule has 1 fully saturated rings. The monoisotopic (exact) mass is 290 g/mol. The van der Waals surface area contributed by atoms with Crippen LogP contribution in [0.5, 0.6) is 5.75 Å². The van der Waals surface area contributed by atoms with E-state index in [-0.39, 0.29) is 0 Å². The molecule has 4 heteroatoms. The Kier molecular flexibility index (Phi) is 5.78. The van der Waals surface area contributed by atoms with E-state index >= 15 is 0 Å². The second kappa shape index (κ2) is 7.58. The molecule has 0 saturated carbocycles. The van der Waals surface area contributed by atoms with Crippen LogP contribution >= 0.6 is 11.8 Å². The van der Waals surface area contributed by atoms with E-state index in [2.05, 4.69) is 29.7 Å². The number of benzene rings is 1. The highest BCUT2D eigenvalue weighted by atomic mass is 32.2. The first-order chi connectivity index (χ1) is 9.72. The number of ether oxygens (including phenoxy) is 1. The zero-order valence-corrected chi connectivity index (χ0v) is 13.0. The highest BCUT2D eigenvalue weighted by Gasteiger charge is 2.18. The summed E-state index contributed by atoms with van der Waals surface area (Å²) in [6, 6.07) is 6.10. The van der Waals surface area contributed by atoms with Crippen molar-refractivity contribution in [1.29, 1.82) is 0 Å². The molecule has 2 N–H and O–H groups in total. The molecule has 1 atom stereocenters. The number of rotatable bonds is 3. The van der Waals surface area contributed by atoms with Crippen molar-refractivity contribution in [3.05, 3.63) is 29.3 Å². The van der Waals surface area contributed by atoms with Crippen LogP contribution < -0.4 is 10.5 Å². The standard InChI is InChI=1S/C16H22N2OS/c1-13-11-18(8-9-20-13)12-15-10-14(4-3-7-17)5-6-16(15)19-2/h5-6,10,13H,7-9,11-12,17H2,1-2H3. The minimum atomic E-state index is 0.391. The molecule has 1 aromatic rings. The molecule has 0 spiro atoms. The SMILES string of the molecule is COc1ccc(C#CCN)cc1CN1CCSC(C)C1. The van der Waals surface area contributed by atoms with Gasteiger partial charge in [-0.1, -0.05) is 18.8 Å². The van der Waals surface area contributed by atoms with E-state index in [4.69, 9.17) is 10.5 Å². The van der Waals surface area contributed by atoms with Gasteiger partial charge in [0.15, 0.2) is 0 Å². The summed E-state index contributed by atoms with van der Waals surface area (Å²) in [6.07, 6.45) is 0. The topological polar surface area (TPSA) is 38.5 Å². The van der Waals surface area contributed by atoms with Crippen LogP contribution in [0.2, 0.25) is 0 Å². The molecular formula is C16H22N2OS. The van der Waals surface area contributed by atoms with Crippen molar-refractivity contribution < 1.29 is 4.74 Å². The smallest absolute Gasteiger partial charge is 0.123 e. The predicted molar refractivity (Wildman–Crippen MR) is 86.1 cm³/mol. The Morgan fingerprint density at radius 3 is 3.05 bits per heavy atom. The molecule has 20 heavy (non-hydrogen) atoms. The van der Waals surface area contributed by atoms with Crippen molar-refractivity contribution in [1.82, 2.24) is 4.90 Å². The van der Waals surface area contributed by atoms with Crippen molar-refractivity contribution in [2.45, 2.75) is 18.7 Å². The average Bonchev–Trinajstić information content (AvgIpc) is 2.45. The summed E-state index contributed by atoms with van der Waals surface area (Å²) in [5.74, 6) is 8.13. The largest absolute Gasteiger partial charge is 0.496 e. The molecule has 2 rings (SSSR count). The van der Waals surface area contributed by atoms with Crippen LogP contribution in [0.3, 0.4) is 0 Å². The molecular weight excluding hydrogens is 268 g/mol. The van der Waals surface area contributed by atoms with Gasteiger partial charge in [0.1, 0.15) is 5.75 Å². The van der Waals surface area contributed by atoms with Gasteiger partial charge in [-0.2, -0.15) is 11.8 Å². The van der Waals surface area contributed by atoms with Crippen LogP contribution in [-0.2, 0) is 6.54 Å².